The molecular formula is C11H11N7S. The number of fused-ring (bicyclic) bond motifs is 2. The van der Waals surface area contributed by atoms with Crippen LogP contribution in [0.2, 0.25) is 0 Å². The van der Waals surface area contributed by atoms with Crippen LogP contribution in [-0.2, 0) is 6.54 Å². The third-order valence-electron chi connectivity index (χ3n) is 3.22. The van der Waals surface area contributed by atoms with Gasteiger partial charge in [-0.05, 0) is 6.92 Å². The lowest BCUT2D eigenvalue weighted by Crippen LogP contribution is -2.32. The highest BCUT2D eigenvalue weighted by Crippen LogP contribution is 2.29. The van der Waals surface area contributed by atoms with Crippen LogP contribution in [-0.4, -0.2) is 36.3 Å². The second kappa shape index (κ2) is 4.04. The molecule has 0 aromatic carbocycles. The van der Waals surface area contributed by atoms with Gasteiger partial charge in [0.15, 0.2) is 10.8 Å². The van der Waals surface area contributed by atoms with Crippen molar-refractivity contribution in [2.45, 2.75) is 19.5 Å². The smallest absolute Gasteiger partial charge is 0.193 e. The molecule has 0 fully saturated rings. The number of hydrogen-bond acceptors (Lipinski definition) is 7. The van der Waals surface area contributed by atoms with Crippen molar-refractivity contribution in [1.29, 1.82) is 0 Å². The van der Waals surface area contributed by atoms with Gasteiger partial charge in [-0.2, -0.15) is 0 Å². The first-order valence-corrected chi connectivity index (χ1v) is 6.88. The first kappa shape index (κ1) is 10.9. The van der Waals surface area contributed by atoms with Crippen molar-refractivity contribution in [2.24, 2.45) is 0 Å². The maximum atomic E-state index is 4.54. The highest BCUT2D eigenvalue weighted by molar-refractivity contribution is 7.21. The van der Waals surface area contributed by atoms with Crippen molar-refractivity contribution in [2.75, 3.05) is 6.54 Å². The van der Waals surface area contributed by atoms with E-state index in [1.807, 2.05) is 0 Å². The molecule has 0 aliphatic carbocycles. The summed E-state index contributed by atoms with van der Waals surface area (Å²) >= 11 is 1.52. The Hall–Kier alpha value is -1.93. The second-order valence-corrected chi connectivity index (χ2v) is 5.42. The zero-order valence-electron chi connectivity index (χ0n) is 10.2. The van der Waals surface area contributed by atoms with Gasteiger partial charge < -0.3 is 9.88 Å². The maximum Gasteiger partial charge on any atom is 0.193 e. The van der Waals surface area contributed by atoms with Crippen LogP contribution < -0.4 is 5.32 Å². The van der Waals surface area contributed by atoms with Crippen molar-refractivity contribution in [3.05, 3.63) is 18.3 Å². The SMILES string of the molecule is C[C@H]1NCCn2c(-c3nc4cncnc4s3)nnc21. The first-order valence-electron chi connectivity index (χ1n) is 6.06. The third kappa shape index (κ3) is 1.64. The Kier molecular flexibility index (Phi) is 2.32. The number of aromatic nitrogens is 6. The van der Waals surface area contributed by atoms with Crippen LogP contribution >= 0.6 is 11.3 Å². The summed E-state index contributed by atoms with van der Waals surface area (Å²) in [6, 6.07) is 0.226. The summed E-state index contributed by atoms with van der Waals surface area (Å²) in [7, 11) is 0. The number of nitrogens with one attached hydrogen (secondary N) is 1. The lowest BCUT2D eigenvalue weighted by atomic mass is 10.2. The predicted molar refractivity (Wildman–Crippen MR) is 70.6 cm³/mol. The number of nitrogens with zero attached hydrogens (tertiary/aromatic N) is 6. The summed E-state index contributed by atoms with van der Waals surface area (Å²) in [5.41, 5.74) is 0.807. The minimum absolute atomic E-state index is 0.226. The van der Waals surface area contributed by atoms with Crippen LogP contribution in [0.15, 0.2) is 12.5 Å². The molecule has 3 aromatic heterocycles. The van der Waals surface area contributed by atoms with Gasteiger partial charge in [-0.1, -0.05) is 11.3 Å². The van der Waals surface area contributed by atoms with Gasteiger partial charge in [-0.15, -0.1) is 10.2 Å². The fourth-order valence-electron chi connectivity index (χ4n) is 2.28. The molecule has 3 aromatic rings. The Bertz CT molecular complexity index is 713. The van der Waals surface area contributed by atoms with E-state index in [0.717, 1.165) is 40.1 Å². The zero-order valence-corrected chi connectivity index (χ0v) is 11.1. The average molecular weight is 273 g/mol. The molecule has 0 amide bonds. The molecule has 0 unspecified atom stereocenters. The van der Waals surface area contributed by atoms with Crippen LogP contribution in [0.1, 0.15) is 18.8 Å². The minimum Gasteiger partial charge on any atom is -0.306 e. The minimum atomic E-state index is 0.226. The molecule has 96 valence electrons. The van der Waals surface area contributed by atoms with Crippen LogP contribution in [0.5, 0.6) is 0 Å². The number of rotatable bonds is 1. The average Bonchev–Trinajstić information content (AvgIpc) is 3.02. The van der Waals surface area contributed by atoms with Crippen molar-refractivity contribution in [3.63, 3.8) is 0 Å². The standard InChI is InChI=1S/C11H11N7S/c1-6-8-16-17-9(18(8)3-2-13-6)11-15-7-4-12-5-14-10(7)19-11/h4-6,13H,2-3H2,1H3/t6-/m1/s1. The van der Waals surface area contributed by atoms with Gasteiger partial charge in [0.2, 0.25) is 0 Å². The fourth-order valence-corrected chi connectivity index (χ4v) is 3.16. The van der Waals surface area contributed by atoms with Gasteiger partial charge in [0.1, 0.15) is 22.5 Å². The molecule has 0 saturated carbocycles. The molecule has 1 aliphatic heterocycles. The van der Waals surface area contributed by atoms with E-state index >= 15 is 0 Å². The van der Waals surface area contributed by atoms with E-state index in [9.17, 15) is 0 Å². The molecule has 0 spiro atoms. The Balaban J connectivity index is 1.88. The van der Waals surface area contributed by atoms with Gasteiger partial charge in [0, 0.05) is 13.1 Å². The van der Waals surface area contributed by atoms with E-state index in [-0.39, 0.29) is 6.04 Å². The number of hydrogen-bond donors (Lipinski definition) is 1. The number of thiazole rings is 1. The summed E-state index contributed by atoms with van der Waals surface area (Å²) in [5.74, 6) is 1.79. The molecule has 1 aliphatic rings. The maximum absolute atomic E-state index is 4.54. The van der Waals surface area contributed by atoms with Crippen molar-refractivity contribution in [1.82, 2.24) is 35.0 Å². The fraction of sp³-hybridized carbons (Fsp3) is 0.364. The van der Waals surface area contributed by atoms with Crippen LogP contribution in [0.3, 0.4) is 0 Å². The summed E-state index contributed by atoms with van der Waals surface area (Å²) in [6.45, 7) is 3.88. The molecule has 0 saturated heterocycles. The topological polar surface area (TPSA) is 81.4 Å². The van der Waals surface area contributed by atoms with Crippen LogP contribution in [0, 0.1) is 0 Å². The molecule has 1 atom stereocenters. The van der Waals surface area contributed by atoms with Crippen LogP contribution in [0.4, 0.5) is 0 Å². The van der Waals surface area contributed by atoms with Crippen molar-refractivity contribution >= 4 is 21.7 Å². The molecule has 19 heavy (non-hydrogen) atoms. The quantitative estimate of drug-likeness (QED) is 0.712. The first-order chi connectivity index (χ1) is 9.33. The monoisotopic (exact) mass is 273 g/mol. The molecule has 0 bridgehead atoms. The van der Waals surface area contributed by atoms with Crippen molar-refractivity contribution < 1.29 is 0 Å². The molecule has 1 N–H and O–H groups in total. The second-order valence-electron chi connectivity index (χ2n) is 4.44. The van der Waals surface area contributed by atoms with Gasteiger partial charge in [0.05, 0.1) is 12.2 Å². The lowest BCUT2D eigenvalue weighted by Gasteiger charge is -2.21. The lowest BCUT2D eigenvalue weighted by molar-refractivity contribution is 0.439. The normalized spacial score (nSPS) is 18.7. The Morgan fingerprint density at radius 3 is 3.26 bits per heavy atom. The van der Waals surface area contributed by atoms with E-state index in [2.05, 4.69) is 42.0 Å². The highest BCUT2D eigenvalue weighted by Gasteiger charge is 2.23. The van der Waals surface area contributed by atoms with Crippen molar-refractivity contribution in [3.8, 4) is 10.8 Å². The molecule has 7 nitrogen and oxygen atoms in total. The van der Waals surface area contributed by atoms with E-state index in [0.29, 0.717) is 0 Å². The largest absolute Gasteiger partial charge is 0.306 e. The Morgan fingerprint density at radius 1 is 1.42 bits per heavy atom. The van der Waals surface area contributed by atoms with E-state index in [1.54, 1.807) is 6.20 Å². The van der Waals surface area contributed by atoms with Gasteiger partial charge >= 0.3 is 0 Å². The molecule has 4 heterocycles. The summed E-state index contributed by atoms with van der Waals surface area (Å²) in [5, 5.41) is 12.8. The third-order valence-corrected chi connectivity index (χ3v) is 4.19. The molecule has 4 rings (SSSR count). The zero-order chi connectivity index (χ0) is 12.8. The van der Waals surface area contributed by atoms with Gasteiger partial charge in [-0.25, -0.2) is 15.0 Å². The molecule has 0 radical (unpaired) electrons. The van der Waals surface area contributed by atoms with E-state index < -0.39 is 0 Å². The summed E-state index contributed by atoms with van der Waals surface area (Å²) in [6.07, 6.45) is 3.26. The summed E-state index contributed by atoms with van der Waals surface area (Å²) < 4.78 is 2.13. The molecule has 8 heteroatoms. The van der Waals surface area contributed by atoms with E-state index in [1.165, 1.54) is 17.7 Å². The van der Waals surface area contributed by atoms with E-state index in [4.69, 9.17) is 0 Å². The molecular weight excluding hydrogens is 262 g/mol. The Labute approximate surface area is 112 Å². The highest BCUT2D eigenvalue weighted by atomic mass is 32.1. The van der Waals surface area contributed by atoms with Gasteiger partial charge in [0.25, 0.3) is 0 Å². The van der Waals surface area contributed by atoms with Crippen LogP contribution in [0.25, 0.3) is 21.2 Å². The Morgan fingerprint density at radius 2 is 2.37 bits per heavy atom. The summed E-state index contributed by atoms with van der Waals surface area (Å²) in [4.78, 5) is 13.6. The van der Waals surface area contributed by atoms with Gasteiger partial charge in [-0.3, -0.25) is 0 Å². The predicted octanol–water partition coefficient (Wildman–Crippen LogP) is 1.01.